The van der Waals surface area contributed by atoms with E-state index in [0.29, 0.717) is 12.1 Å². The van der Waals surface area contributed by atoms with Crippen molar-refractivity contribution in [2.24, 2.45) is 0 Å². The number of anilines is 1. The quantitative estimate of drug-likeness (QED) is 0.832. The maximum atomic E-state index is 13.6. The molecule has 1 nitrogen and oxygen atoms in total. The van der Waals surface area contributed by atoms with E-state index in [-0.39, 0.29) is 5.69 Å². The monoisotopic (exact) mass is 331 g/mol. The molecule has 0 spiro atoms. The summed E-state index contributed by atoms with van der Waals surface area (Å²) >= 11 is 5.05. The van der Waals surface area contributed by atoms with E-state index in [0.717, 1.165) is 9.35 Å². The first kappa shape index (κ1) is 13.5. The molecular formula is C13H12BrF2NS. The Labute approximate surface area is 117 Å². The predicted octanol–water partition coefficient (Wildman–Crippen LogP) is 5.02. The highest BCUT2D eigenvalue weighted by Crippen LogP contribution is 2.27. The fourth-order valence-electron chi connectivity index (χ4n) is 1.57. The van der Waals surface area contributed by atoms with Crippen molar-refractivity contribution < 1.29 is 8.78 Å². The summed E-state index contributed by atoms with van der Waals surface area (Å²) in [6, 6.07) is 4.38. The third-order valence-corrected chi connectivity index (χ3v) is 4.75. The zero-order valence-corrected chi connectivity index (χ0v) is 12.4. The third-order valence-electron chi connectivity index (χ3n) is 2.61. The van der Waals surface area contributed by atoms with Crippen LogP contribution < -0.4 is 5.32 Å². The highest BCUT2D eigenvalue weighted by atomic mass is 79.9. The molecule has 0 saturated heterocycles. The average molecular weight is 332 g/mol. The van der Waals surface area contributed by atoms with Crippen LogP contribution in [0.2, 0.25) is 0 Å². The van der Waals surface area contributed by atoms with Gasteiger partial charge in [0.1, 0.15) is 11.6 Å². The Balaban J connectivity index is 2.13. The lowest BCUT2D eigenvalue weighted by molar-refractivity contribution is 0.594. The molecule has 0 aliphatic rings. The molecule has 2 rings (SSSR count). The summed E-state index contributed by atoms with van der Waals surface area (Å²) in [5.74, 6) is -0.830. The molecule has 0 saturated carbocycles. The van der Waals surface area contributed by atoms with Gasteiger partial charge in [0, 0.05) is 26.8 Å². The number of aryl methyl sites for hydroxylation is 2. The summed E-state index contributed by atoms with van der Waals surface area (Å²) in [5.41, 5.74) is 0.507. The molecule has 18 heavy (non-hydrogen) atoms. The second-order valence-corrected chi connectivity index (χ2v) is 6.25. The van der Waals surface area contributed by atoms with Crippen LogP contribution in [0.25, 0.3) is 0 Å². The Morgan fingerprint density at radius 2 is 1.89 bits per heavy atom. The summed E-state index contributed by atoms with van der Waals surface area (Å²) in [5, 5.41) is 2.91. The fourth-order valence-corrected chi connectivity index (χ4v) is 3.11. The number of rotatable bonds is 3. The van der Waals surface area contributed by atoms with Crippen molar-refractivity contribution in [3.63, 3.8) is 0 Å². The van der Waals surface area contributed by atoms with E-state index in [2.05, 4.69) is 21.2 Å². The van der Waals surface area contributed by atoms with E-state index >= 15 is 0 Å². The second kappa shape index (κ2) is 5.36. The normalized spacial score (nSPS) is 10.7. The van der Waals surface area contributed by atoms with Gasteiger partial charge in [-0.3, -0.25) is 0 Å². The van der Waals surface area contributed by atoms with E-state index in [9.17, 15) is 8.78 Å². The second-order valence-electron chi connectivity index (χ2n) is 4.05. The van der Waals surface area contributed by atoms with Crippen molar-refractivity contribution in [2.75, 3.05) is 5.32 Å². The fraction of sp³-hybridized carbons (Fsp3) is 0.231. The van der Waals surface area contributed by atoms with Gasteiger partial charge < -0.3 is 5.32 Å². The van der Waals surface area contributed by atoms with Crippen molar-refractivity contribution in [2.45, 2.75) is 20.4 Å². The Kier molecular flexibility index (Phi) is 4.02. The van der Waals surface area contributed by atoms with Crippen LogP contribution in [0.15, 0.2) is 22.7 Å². The molecule has 1 heterocycles. The van der Waals surface area contributed by atoms with E-state index < -0.39 is 11.6 Å². The molecule has 0 bridgehead atoms. The molecule has 1 N–H and O–H groups in total. The number of hydrogen-bond acceptors (Lipinski definition) is 2. The molecule has 96 valence electrons. The number of nitrogens with one attached hydrogen (secondary N) is 1. The third kappa shape index (κ3) is 2.90. The lowest BCUT2D eigenvalue weighted by Crippen LogP contribution is -2.01. The summed E-state index contributed by atoms with van der Waals surface area (Å²) in [7, 11) is 0. The standard InChI is InChI=1S/C13H12BrF2NS/c1-7-3-12(16)13(5-11(7)15)17-6-9-4-10(14)8(2)18-9/h3-5,17H,6H2,1-2H3. The minimum atomic E-state index is -0.429. The van der Waals surface area contributed by atoms with Crippen molar-refractivity contribution in [3.8, 4) is 0 Å². The zero-order valence-electron chi connectivity index (χ0n) is 9.98. The first-order valence-corrected chi connectivity index (χ1v) is 7.02. The van der Waals surface area contributed by atoms with Gasteiger partial charge in [0.05, 0.1) is 5.69 Å². The molecule has 5 heteroatoms. The van der Waals surface area contributed by atoms with E-state index in [1.54, 1.807) is 18.3 Å². The molecule has 0 fully saturated rings. The minimum Gasteiger partial charge on any atom is -0.378 e. The lowest BCUT2D eigenvalue weighted by atomic mass is 10.2. The van der Waals surface area contributed by atoms with E-state index in [1.165, 1.54) is 17.0 Å². The number of benzene rings is 1. The van der Waals surface area contributed by atoms with Gasteiger partial charge in [0.15, 0.2) is 0 Å². The van der Waals surface area contributed by atoms with Crippen molar-refractivity contribution in [1.82, 2.24) is 0 Å². The largest absolute Gasteiger partial charge is 0.378 e. The molecule has 0 aliphatic heterocycles. The summed E-state index contributed by atoms with van der Waals surface area (Å²) in [6.45, 7) is 4.03. The van der Waals surface area contributed by atoms with Gasteiger partial charge in [0.2, 0.25) is 0 Å². The van der Waals surface area contributed by atoms with Gasteiger partial charge in [0.25, 0.3) is 0 Å². The highest BCUT2D eigenvalue weighted by molar-refractivity contribution is 9.10. The minimum absolute atomic E-state index is 0.195. The van der Waals surface area contributed by atoms with Gasteiger partial charge in [-0.25, -0.2) is 8.78 Å². The number of thiophene rings is 1. The van der Waals surface area contributed by atoms with Gasteiger partial charge in [-0.15, -0.1) is 11.3 Å². The first-order valence-electron chi connectivity index (χ1n) is 5.41. The van der Waals surface area contributed by atoms with Crippen LogP contribution in [0, 0.1) is 25.5 Å². The van der Waals surface area contributed by atoms with Gasteiger partial charge in [-0.2, -0.15) is 0 Å². The molecule has 0 atom stereocenters. The Hall–Kier alpha value is -0.940. The smallest absolute Gasteiger partial charge is 0.146 e. The zero-order chi connectivity index (χ0) is 13.3. The molecule has 0 aliphatic carbocycles. The Morgan fingerprint density at radius 1 is 1.17 bits per heavy atom. The van der Waals surface area contributed by atoms with Crippen LogP contribution in [0.3, 0.4) is 0 Å². The van der Waals surface area contributed by atoms with E-state index in [1.807, 2.05) is 13.0 Å². The van der Waals surface area contributed by atoms with Crippen LogP contribution in [0.1, 0.15) is 15.3 Å². The maximum absolute atomic E-state index is 13.6. The Bertz CT molecular complexity index is 561. The summed E-state index contributed by atoms with van der Waals surface area (Å²) < 4.78 is 28.0. The molecule has 0 unspecified atom stereocenters. The highest BCUT2D eigenvalue weighted by Gasteiger charge is 2.08. The van der Waals surface area contributed by atoms with Crippen LogP contribution >= 0.6 is 27.3 Å². The maximum Gasteiger partial charge on any atom is 0.146 e. The van der Waals surface area contributed by atoms with Gasteiger partial charge >= 0.3 is 0 Å². The topological polar surface area (TPSA) is 12.0 Å². The van der Waals surface area contributed by atoms with Gasteiger partial charge in [-0.05, 0) is 47.5 Å². The summed E-state index contributed by atoms with van der Waals surface area (Å²) in [6.07, 6.45) is 0. The first-order chi connectivity index (χ1) is 8.47. The molecule has 0 amide bonds. The molecule has 0 radical (unpaired) electrons. The summed E-state index contributed by atoms with van der Waals surface area (Å²) in [4.78, 5) is 2.24. The van der Waals surface area contributed by atoms with Crippen LogP contribution in [0.5, 0.6) is 0 Å². The van der Waals surface area contributed by atoms with Crippen molar-refractivity contribution in [1.29, 1.82) is 0 Å². The van der Waals surface area contributed by atoms with Gasteiger partial charge in [-0.1, -0.05) is 0 Å². The van der Waals surface area contributed by atoms with Crippen molar-refractivity contribution in [3.05, 3.63) is 49.6 Å². The predicted molar refractivity (Wildman–Crippen MR) is 75.2 cm³/mol. The van der Waals surface area contributed by atoms with Crippen LogP contribution in [-0.4, -0.2) is 0 Å². The van der Waals surface area contributed by atoms with Crippen LogP contribution in [0.4, 0.5) is 14.5 Å². The lowest BCUT2D eigenvalue weighted by Gasteiger charge is -2.07. The number of hydrogen-bond donors (Lipinski definition) is 1. The molecule has 1 aromatic heterocycles. The average Bonchev–Trinajstić information content (AvgIpc) is 2.62. The van der Waals surface area contributed by atoms with Crippen molar-refractivity contribution >= 4 is 33.0 Å². The van der Waals surface area contributed by atoms with Crippen LogP contribution in [-0.2, 0) is 6.54 Å². The Morgan fingerprint density at radius 3 is 2.50 bits per heavy atom. The molecular weight excluding hydrogens is 320 g/mol. The molecule has 2 aromatic rings. The number of halogens is 3. The SMILES string of the molecule is Cc1cc(F)c(NCc2cc(Br)c(C)s2)cc1F. The molecule has 1 aromatic carbocycles. The van der Waals surface area contributed by atoms with E-state index in [4.69, 9.17) is 0 Å².